The summed E-state index contributed by atoms with van der Waals surface area (Å²) in [5.41, 5.74) is 6.13. The minimum atomic E-state index is -0.297. The second-order valence-corrected chi connectivity index (χ2v) is 7.97. The summed E-state index contributed by atoms with van der Waals surface area (Å²) in [5, 5.41) is 7.72. The average molecular weight is 431 g/mol. The summed E-state index contributed by atoms with van der Waals surface area (Å²) < 4.78 is 15.2. The van der Waals surface area contributed by atoms with Crippen molar-refractivity contribution in [3.63, 3.8) is 0 Å². The molecule has 1 N–H and O–H groups in total. The van der Waals surface area contributed by atoms with Gasteiger partial charge in [-0.2, -0.15) is 5.10 Å². The van der Waals surface area contributed by atoms with Gasteiger partial charge in [-0.15, -0.1) is 0 Å². The minimum Gasteiger partial charge on any atom is -0.345 e. The summed E-state index contributed by atoms with van der Waals surface area (Å²) in [4.78, 5) is 17.7. The number of amides is 1. The molecule has 3 aromatic rings. The van der Waals surface area contributed by atoms with Gasteiger partial charge in [0.2, 0.25) is 0 Å². The molecule has 1 aromatic carbocycles. The molecule has 0 fully saturated rings. The Balaban J connectivity index is 1.69. The number of hydrogen-bond donors (Lipinski definition) is 1. The minimum absolute atomic E-state index is 0.109. The summed E-state index contributed by atoms with van der Waals surface area (Å²) in [6.07, 6.45) is 9.89. The van der Waals surface area contributed by atoms with Crippen molar-refractivity contribution < 1.29 is 9.18 Å². The van der Waals surface area contributed by atoms with Gasteiger partial charge in [-0.3, -0.25) is 9.78 Å². The van der Waals surface area contributed by atoms with Crippen molar-refractivity contribution in [2.75, 3.05) is 0 Å². The Morgan fingerprint density at radius 2 is 2.00 bits per heavy atom. The zero-order valence-corrected chi connectivity index (χ0v) is 18.6. The number of hydrogen-bond acceptors (Lipinski definition) is 3. The van der Waals surface area contributed by atoms with Gasteiger partial charge < -0.3 is 5.32 Å². The summed E-state index contributed by atoms with van der Waals surface area (Å²) >= 11 is 0. The van der Waals surface area contributed by atoms with E-state index in [1.807, 2.05) is 25.1 Å². The van der Waals surface area contributed by atoms with Gasteiger partial charge in [0, 0.05) is 23.0 Å². The number of fused-ring (bicyclic) bond motifs is 1. The number of carbonyl (C=O) groups is 1. The van der Waals surface area contributed by atoms with Crippen LogP contribution in [0.15, 0.2) is 60.4 Å². The Kier molecular flexibility index (Phi) is 6.30. The van der Waals surface area contributed by atoms with Crippen molar-refractivity contribution in [3.8, 4) is 5.69 Å². The highest BCUT2D eigenvalue weighted by Gasteiger charge is 2.24. The van der Waals surface area contributed by atoms with E-state index >= 15 is 0 Å². The molecule has 0 saturated heterocycles. The zero-order chi connectivity index (χ0) is 22.7. The number of aryl methyl sites for hydroxylation is 1. The average Bonchev–Trinajstić information content (AvgIpc) is 3.10. The number of allylic oxidation sites excluding steroid dienone is 2. The topological polar surface area (TPSA) is 59.8 Å². The van der Waals surface area contributed by atoms with Gasteiger partial charge in [0.1, 0.15) is 5.82 Å². The van der Waals surface area contributed by atoms with E-state index in [2.05, 4.69) is 35.3 Å². The molecule has 164 valence electrons. The van der Waals surface area contributed by atoms with Crippen molar-refractivity contribution in [1.29, 1.82) is 0 Å². The maximum atomic E-state index is 13.4. The number of rotatable bonds is 6. The molecule has 0 aliphatic heterocycles. The molecule has 2 aromatic heterocycles. The van der Waals surface area contributed by atoms with E-state index in [1.54, 1.807) is 29.2 Å². The van der Waals surface area contributed by atoms with E-state index in [-0.39, 0.29) is 17.8 Å². The fourth-order valence-electron chi connectivity index (χ4n) is 3.99. The number of nitrogens with zero attached hydrogens (tertiary/aromatic N) is 3. The van der Waals surface area contributed by atoms with Crippen LogP contribution in [0.2, 0.25) is 0 Å². The lowest BCUT2D eigenvalue weighted by molar-refractivity contribution is -0.116. The third-order valence-electron chi connectivity index (χ3n) is 5.81. The standard InChI is InChI=1S/C26H27FN4O/c1-4-18-6-11-22(26(32)30-24(5-2)19-12-13-28-17(3)14-19)23-16-29-31(25(23)15-18)21-9-7-20(27)8-10-21/h7-16,24H,4-6H2,1-3H3,(H,30,32). The van der Waals surface area contributed by atoms with Crippen LogP contribution in [0, 0.1) is 12.7 Å². The van der Waals surface area contributed by atoms with Crippen LogP contribution in [0.1, 0.15) is 61.7 Å². The fourth-order valence-corrected chi connectivity index (χ4v) is 3.99. The van der Waals surface area contributed by atoms with E-state index in [0.717, 1.165) is 41.0 Å². The molecular weight excluding hydrogens is 403 g/mol. The first-order valence-corrected chi connectivity index (χ1v) is 11.0. The third-order valence-corrected chi connectivity index (χ3v) is 5.81. The number of aromatic nitrogens is 3. The summed E-state index contributed by atoms with van der Waals surface area (Å²) in [6, 6.07) is 10.0. The van der Waals surface area contributed by atoms with Crippen LogP contribution in [-0.2, 0) is 4.79 Å². The molecule has 0 saturated carbocycles. The molecule has 2 heterocycles. The van der Waals surface area contributed by atoms with Gasteiger partial charge in [-0.1, -0.05) is 25.5 Å². The Morgan fingerprint density at radius 3 is 2.69 bits per heavy atom. The maximum absolute atomic E-state index is 13.4. The molecule has 0 spiro atoms. The second kappa shape index (κ2) is 9.30. The van der Waals surface area contributed by atoms with E-state index in [1.165, 1.54) is 17.7 Å². The Labute approximate surface area is 187 Å². The van der Waals surface area contributed by atoms with Crippen molar-refractivity contribution in [2.24, 2.45) is 0 Å². The van der Waals surface area contributed by atoms with Crippen LogP contribution in [0.4, 0.5) is 4.39 Å². The first-order chi connectivity index (χ1) is 15.5. The molecule has 4 rings (SSSR count). The lowest BCUT2D eigenvalue weighted by Gasteiger charge is -2.19. The van der Waals surface area contributed by atoms with E-state index in [9.17, 15) is 9.18 Å². The summed E-state index contributed by atoms with van der Waals surface area (Å²) in [7, 11) is 0. The van der Waals surface area contributed by atoms with Crippen molar-refractivity contribution in [2.45, 2.75) is 46.1 Å². The summed E-state index contributed by atoms with van der Waals surface area (Å²) in [5.74, 6) is -0.425. The molecule has 32 heavy (non-hydrogen) atoms. The Bertz CT molecular complexity index is 1190. The molecule has 1 aliphatic rings. The zero-order valence-electron chi connectivity index (χ0n) is 18.6. The number of benzene rings is 1. The summed E-state index contributed by atoms with van der Waals surface area (Å²) in [6.45, 7) is 6.10. The van der Waals surface area contributed by atoms with Gasteiger partial charge in [-0.05, 0) is 74.2 Å². The number of carbonyl (C=O) groups excluding carboxylic acids is 1. The Morgan fingerprint density at radius 1 is 1.22 bits per heavy atom. The normalized spacial score (nSPS) is 14.1. The molecule has 1 amide bonds. The molecule has 1 aliphatic carbocycles. The van der Waals surface area contributed by atoms with Crippen LogP contribution < -0.4 is 5.32 Å². The lowest BCUT2D eigenvalue weighted by atomic mass is 10.0. The fraction of sp³-hybridized carbons (Fsp3) is 0.269. The van der Waals surface area contributed by atoms with Crippen molar-refractivity contribution in [3.05, 3.63) is 88.8 Å². The molecule has 1 atom stereocenters. The van der Waals surface area contributed by atoms with E-state index < -0.39 is 0 Å². The predicted octanol–water partition coefficient (Wildman–Crippen LogP) is 5.56. The lowest BCUT2D eigenvalue weighted by Crippen LogP contribution is -2.29. The quantitative estimate of drug-likeness (QED) is 0.557. The third kappa shape index (κ3) is 4.40. The molecular formula is C26H27FN4O. The molecule has 6 heteroatoms. The van der Waals surface area contributed by atoms with E-state index in [0.29, 0.717) is 12.0 Å². The molecule has 0 bridgehead atoms. The second-order valence-electron chi connectivity index (χ2n) is 7.97. The van der Waals surface area contributed by atoms with E-state index in [4.69, 9.17) is 0 Å². The number of halogens is 1. The SMILES string of the molecule is CCC1=Cc2c(cnn2-c2ccc(F)cc2)C(C(=O)NC(CC)c2ccnc(C)c2)=CC1. The van der Waals surface area contributed by atoms with Gasteiger partial charge in [-0.25, -0.2) is 9.07 Å². The van der Waals surface area contributed by atoms with Gasteiger partial charge in [0.15, 0.2) is 0 Å². The number of nitrogens with one attached hydrogen (secondary N) is 1. The maximum Gasteiger partial charge on any atom is 0.252 e. The number of pyridine rings is 1. The smallest absolute Gasteiger partial charge is 0.252 e. The Hall–Kier alpha value is -3.54. The molecule has 0 radical (unpaired) electrons. The van der Waals surface area contributed by atoms with Gasteiger partial charge >= 0.3 is 0 Å². The van der Waals surface area contributed by atoms with Crippen LogP contribution in [0.5, 0.6) is 0 Å². The predicted molar refractivity (Wildman–Crippen MR) is 125 cm³/mol. The van der Waals surface area contributed by atoms with Crippen molar-refractivity contribution in [1.82, 2.24) is 20.1 Å². The van der Waals surface area contributed by atoms with Crippen LogP contribution in [-0.4, -0.2) is 20.7 Å². The van der Waals surface area contributed by atoms with Crippen molar-refractivity contribution >= 4 is 17.6 Å². The molecule has 5 nitrogen and oxygen atoms in total. The van der Waals surface area contributed by atoms with Gasteiger partial charge in [0.25, 0.3) is 5.91 Å². The van der Waals surface area contributed by atoms with Crippen LogP contribution in [0.25, 0.3) is 17.3 Å². The largest absolute Gasteiger partial charge is 0.345 e. The molecule has 1 unspecified atom stereocenters. The highest BCUT2D eigenvalue weighted by atomic mass is 19.1. The van der Waals surface area contributed by atoms with Crippen LogP contribution in [0.3, 0.4) is 0 Å². The first-order valence-electron chi connectivity index (χ1n) is 11.0. The highest BCUT2D eigenvalue weighted by molar-refractivity contribution is 6.20. The highest BCUT2D eigenvalue weighted by Crippen LogP contribution is 2.31. The van der Waals surface area contributed by atoms with Crippen LogP contribution >= 0.6 is 0 Å². The first kappa shape index (κ1) is 21.7. The van der Waals surface area contributed by atoms with Gasteiger partial charge in [0.05, 0.1) is 23.6 Å². The monoisotopic (exact) mass is 430 g/mol.